The van der Waals surface area contributed by atoms with E-state index in [0.29, 0.717) is 18.2 Å². The molecule has 1 heterocycles. The van der Waals surface area contributed by atoms with Crippen molar-refractivity contribution in [1.82, 2.24) is 9.97 Å². The Kier molecular flexibility index (Phi) is 5.33. The van der Waals surface area contributed by atoms with Gasteiger partial charge in [-0.05, 0) is 42.3 Å². The average molecular weight is 343 g/mol. The second-order valence-electron chi connectivity index (χ2n) is 5.36. The van der Waals surface area contributed by atoms with Crippen molar-refractivity contribution in [3.63, 3.8) is 0 Å². The summed E-state index contributed by atoms with van der Waals surface area (Å²) in [5.74, 6) is 2.13. The van der Waals surface area contributed by atoms with Gasteiger partial charge in [0.15, 0.2) is 0 Å². The number of nitrogens with one attached hydrogen (secondary N) is 1. The lowest BCUT2D eigenvalue weighted by Crippen LogP contribution is -2.07. The van der Waals surface area contributed by atoms with Crippen LogP contribution in [0.5, 0.6) is 5.75 Å². The molecule has 0 atom stereocenters. The van der Waals surface area contributed by atoms with E-state index in [0.717, 1.165) is 35.4 Å². The topological polar surface area (TPSA) is 73.1 Å². The Morgan fingerprint density at radius 2 is 1.92 bits per heavy atom. The smallest absolute Gasteiger partial charge is 0.137 e. The van der Waals surface area contributed by atoms with E-state index in [1.165, 1.54) is 5.56 Å². The molecule has 24 heavy (non-hydrogen) atoms. The molecule has 6 heteroatoms. The summed E-state index contributed by atoms with van der Waals surface area (Å²) >= 11 is 5.61. The third-order valence-corrected chi connectivity index (χ3v) is 3.79. The largest absolute Gasteiger partial charge is 0.492 e. The highest BCUT2D eigenvalue weighted by atomic mass is 35.5. The van der Waals surface area contributed by atoms with Gasteiger partial charge >= 0.3 is 0 Å². The van der Waals surface area contributed by atoms with Gasteiger partial charge in [0.1, 0.15) is 24.5 Å². The maximum absolute atomic E-state index is 5.86. The summed E-state index contributed by atoms with van der Waals surface area (Å²) in [7, 11) is 0. The molecule has 5 nitrogen and oxygen atoms in total. The fourth-order valence-electron chi connectivity index (χ4n) is 2.45. The third-order valence-electron chi connectivity index (χ3n) is 3.63. The molecule has 0 aliphatic heterocycles. The summed E-state index contributed by atoms with van der Waals surface area (Å²) in [6, 6.07) is 13.7. The predicted molar refractivity (Wildman–Crippen MR) is 98.8 cm³/mol. The van der Waals surface area contributed by atoms with Gasteiger partial charge in [0.2, 0.25) is 0 Å². The van der Waals surface area contributed by atoms with E-state index in [1.54, 1.807) is 6.33 Å². The van der Waals surface area contributed by atoms with E-state index in [-0.39, 0.29) is 0 Å². The summed E-state index contributed by atoms with van der Waals surface area (Å²) < 4.78 is 5.47. The lowest BCUT2D eigenvalue weighted by molar-refractivity contribution is 0.342. The number of fused-ring (bicyclic) bond motifs is 1. The normalized spacial score (nSPS) is 10.7. The van der Waals surface area contributed by atoms with Gasteiger partial charge in [0.25, 0.3) is 0 Å². The van der Waals surface area contributed by atoms with E-state index < -0.39 is 0 Å². The van der Waals surface area contributed by atoms with Crippen LogP contribution in [0.15, 0.2) is 48.8 Å². The number of alkyl halides is 1. The minimum absolute atomic E-state index is 0.489. The average Bonchev–Trinajstić information content (AvgIpc) is 2.61. The number of halogens is 1. The molecule has 0 bridgehead atoms. The first-order valence-corrected chi connectivity index (χ1v) is 8.31. The molecule has 3 rings (SSSR count). The first kappa shape index (κ1) is 16.3. The van der Waals surface area contributed by atoms with Gasteiger partial charge in [-0.1, -0.05) is 12.1 Å². The molecule has 0 radical (unpaired) electrons. The van der Waals surface area contributed by atoms with Crippen molar-refractivity contribution in [2.45, 2.75) is 6.42 Å². The van der Waals surface area contributed by atoms with E-state index in [9.17, 15) is 0 Å². The van der Waals surface area contributed by atoms with Gasteiger partial charge in [0, 0.05) is 17.6 Å². The predicted octanol–water partition coefficient (Wildman–Crippen LogP) is 3.48. The van der Waals surface area contributed by atoms with Crippen LogP contribution >= 0.6 is 11.6 Å². The number of nitrogens with zero attached hydrogens (tertiary/aromatic N) is 2. The molecule has 2 aromatic carbocycles. The number of benzene rings is 2. The molecule has 0 aliphatic carbocycles. The van der Waals surface area contributed by atoms with E-state index in [2.05, 4.69) is 27.4 Å². The van der Waals surface area contributed by atoms with Gasteiger partial charge in [0.05, 0.1) is 11.4 Å². The van der Waals surface area contributed by atoms with E-state index >= 15 is 0 Å². The van der Waals surface area contributed by atoms with Gasteiger partial charge < -0.3 is 15.8 Å². The maximum Gasteiger partial charge on any atom is 0.137 e. The monoisotopic (exact) mass is 342 g/mol. The molecule has 0 spiro atoms. The highest BCUT2D eigenvalue weighted by molar-refractivity contribution is 6.18. The standard InChI is InChI=1S/C18H19ClN4O/c19-8-10-24-15-4-1-13(2-5-15)7-9-21-18-16-11-14(20)3-6-17(16)22-12-23-18/h1-6,11-12H,7-10,20H2,(H,21,22,23). The Bertz CT molecular complexity index is 808. The van der Waals surface area contributed by atoms with Crippen molar-refractivity contribution in [1.29, 1.82) is 0 Å². The van der Waals surface area contributed by atoms with Crippen molar-refractivity contribution >= 4 is 34.0 Å². The first-order chi connectivity index (χ1) is 11.8. The summed E-state index contributed by atoms with van der Waals surface area (Å²) in [6.45, 7) is 1.29. The summed E-state index contributed by atoms with van der Waals surface area (Å²) in [5.41, 5.74) is 8.66. The van der Waals surface area contributed by atoms with Crippen LogP contribution in [0.4, 0.5) is 11.5 Å². The fourth-order valence-corrected chi connectivity index (χ4v) is 2.53. The maximum atomic E-state index is 5.86. The Labute approximate surface area is 145 Å². The molecule has 1 aromatic heterocycles. The zero-order chi connectivity index (χ0) is 16.8. The number of hydrogen-bond donors (Lipinski definition) is 2. The molecule has 0 amide bonds. The van der Waals surface area contributed by atoms with Crippen molar-refractivity contribution in [2.24, 2.45) is 0 Å². The quantitative estimate of drug-likeness (QED) is 0.508. The van der Waals surface area contributed by atoms with E-state index in [1.807, 2.05) is 30.3 Å². The van der Waals surface area contributed by atoms with Crippen LogP contribution < -0.4 is 15.8 Å². The number of aromatic nitrogens is 2. The van der Waals surface area contributed by atoms with Crippen LogP contribution in [-0.4, -0.2) is 29.0 Å². The van der Waals surface area contributed by atoms with Gasteiger partial charge in [-0.2, -0.15) is 0 Å². The Morgan fingerprint density at radius 1 is 1.08 bits per heavy atom. The Balaban J connectivity index is 1.61. The molecule has 0 unspecified atom stereocenters. The lowest BCUT2D eigenvalue weighted by Gasteiger charge is -2.09. The van der Waals surface area contributed by atoms with Gasteiger partial charge in [-0.3, -0.25) is 0 Å². The van der Waals surface area contributed by atoms with Crippen LogP contribution in [0.3, 0.4) is 0 Å². The fraction of sp³-hybridized carbons (Fsp3) is 0.222. The summed E-state index contributed by atoms with van der Waals surface area (Å²) in [4.78, 5) is 8.57. The zero-order valence-corrected chi connectivity index (χ0v) is 14.0. The second kappa shape index (κ2) is 7.84. The summed E-state index contributed by atoms with van der Waals surface area (Å²) in [5, 5.41) is 4.29. The number of nitrogen functional groups attached to an aromatic ring is 1. The molecule has 0 saturated heterocycles. The molecule has 0 fully saturated rings. The minimum atomic E-state index is 0.489. The van der Waals surface area contributed by atoms with Crippen LogP contribution in [0.2, 0.25) is 0 Å². The van der Waals surface area contributed by atoms with Crippen LogP contribution in [0.25, 0.3) is 10.9 Å². The highest BCUT2D eigenvalue weighted by Crippen LogP contribution is 2.21. The first-order valence-electron chi connectivity index (χ1n) is 7.78. The second-order valence-corrected chi connectivity index (χ2v) is 5.73. The van der Waals surface area contributed by atoms with Crippen molar-refractivity contribution < 1.29 is 4.74 Å². The summed E-state index contributed by atoms with van der Waals surface area (Å²) in [6.07, 6.45) is 2.44. The number of hydrogen-bond acceptors (Lipinski definition) is 5. The number of rotatable bonds is 7. The zero-order valence-electron chi connectivity index (χ0n) is 13.2. The SMILES string of the molecule is Nc1ccc2ncnc(NCCc3ccc(OCCCl)cc3)c2c1. The van der Waals surface area contributed by atoms with Crippen molar-refractivity contribution in [3.05, 3.63) is 54.4 Å². The van der Waals surface area contributed by atoms with Crippen LogP contribution in [0, 0.1) is 0 Å². The van der Waals surface area contributed by atoms with Crippen molar-refractivity contribution in [2.75, 3.05) is 30.1 Å². The Hall–Kier alpha value is -2.53. The molecule has 124 valence electrons. The Morgan fingerprint density at radius 3 is 2.71 bits per heavy atom. The van der Waals surface area contributed by atoms with Gasteiger partial charge in [-0.15, -0.1) is 11.6 Å². The van der Waals surface area contributed by atoms with Crippen LogP contribution in [0.1, 0.15) is 5.56 Å². The minimum Gasteiger partial charge on any atom is -0.492 e. The molecule has 0 aliphatic rings. The van der Waals surface area contributed by atoms with Gasteiger partial charge in [-0.25, -0.2) is 9.97 Å². The molecule has 0 saturated carbocycles. The van der Waals surface area contributed by atoms with E-state index in [4.69, 9.17) is 22.1 Å². The molecule has 3 N–H and O–H groups in total. The molecular weight excluding hydrogens is 324 g/mol. The molecule has 3 aromatic rings. The molecular formula is C18H19ClN4O. The number of anilines is 2. The number of ether oxygens (including phenoxy) is 1. The number of nitrogens with two attached hydrogens (primary N) is 1. The highest BCUT2D eigenvalue weighted by Gasteiger charge is 2.04. The van der Waals surface area contributed by atoms with Crippen molar-refractivity contribution in [3.8, 4) is 5.75 Å². The van der Waals surface area contributed by atoms with Crippen LogP contribution in [-0.2, 0) is 6.42 Å². The lowest BCUT2D eigenvalue weighted by atomic mass is 10.1. The third kappa shape index (κ3) is 4.06.